The third kappa shape index (κ3) is 16.1. The van der Waals surface area contributed by atoms with Gasteiger partial charge in [0.25, 0.3) is 0 Å². The molecule has 0 aliphatic rings. The summed E-state index contributed by atoms with van der Waals surface area (Å²) in [6.07, 6.45) is 0. The average molecular weight is 491 g/mol. The van der Waals surface area contributed by atoms with Crippen LogP contribution in [0.25, 0.3) is 0 Å². The van der Waals surface area contributed by atoms with Crippen molar-refractivity contribution in [2.45, 2.75) is 11.2 Å². The van der Waals surface area contributed by atoms with Gasteiger partial charge in [0.2, 0.25) is 0 Å². The summed E-state index contributed by atoms with van der Waals surface area (Å²) < 4.78 is 25.9. The number of rotatable bonds is 18. The van der Waals surface area contributed by atoms with Gasteiger partial charge in [0.1, 0.15) is 28.4 Å². The van der Waals surface area contributed by atoms with Crippen molar-refractivity contribution < 1.29 is 90.3 Å². The molecule has 13 radical (unpaired) electrons. The maximum atomic E-state index is 9.85. The van der Waals surface area contributed by atoms with Crippen LogP contribution in [0.2, 0.25) is 0 Å². The second kappa shape index (κ2) is 22.4. The molecule has 0 unspecified atom stereocenters. The predicted octanol–water partition coefficient (Wildman–Crippen LogP) is -0.410. The Kier molecular flexibility index (Phi) is 25.8. The Morgan fingerprint density at radius 2 is 0.828 bits per heavy atom. The van der Waals surface area contributed by atoms with E-state index in [1.807, 2.05) is 0 Å². The fraction of sp³-hybridized carbons (Fsp3) is 0.500. The van der Waals surface area contributed by atoms with E-state index >= 15 is 0 Å². The summed E-state index contributed by atoms with van der Waals surface area (Å²) in [4.78, 5) is 36.7. The van der Waals surface area contributed by atoms with Crippen LogP contribution in [-0.2, 0) is 90.3 Å². The largest absolute Gasteiger partial charge is 0.651 e. The summed E-state index contributed by atoms with van der Waals surface area (Å²) in [5, 5.41) is 0. The van der Waals surface area contributed by atoms with Crippen molar-refractivity contribution in [2.24, 2.45) is 0 Å². The van der Waals surface area contributed by atoms with Crippen molar-refractivity contribution in [2.75, 3.05) is 39.6 Å². The first-order valence-corrected chi connectivity index (χ1v) is 6.83. The monoisotopic (exact) mass is 491 g/mol. The zero-order valence-electron chi connectivity index (χ0n) is 15.2. The van der Waals surface area contributed by atoms with Crippen molar-refractivity contribution >= 4 is 12.9 Å². The molecular weight excluding hydrogens is 473 g/mol. The molecule has 0 amide bonds. The fourth-order valence-electron chi connectivity index (χ4n) is 1.53. The van der Waals surface area contributed by atoms with Crippen LogP contribution in [0.15, 0.2) is 0 Å². The van der Waals surface area contributed by atoms with Crippen molar-refractivity contribution in [1.29, 1.82) is 0 Å². The van der Waals surface area contributed by atoms with Crippen LogP contribution in [0.3, 0.4) is 0 Å². The van der Waals surface area contributed by atoms with Crippen LogP contribution in [0.5, 0.6) is 0 Å². The second-order valence-corrected chi connectivity index (χ2v) is 4.71. The Bertz CT molecular complexity index is 304. The molecule has 0 heterocycles. The molecule has 0 aliphatic carbocycles. The normalized spacial score (nSPS) is 11.0. The average Bonchev–Trinajstić information content (AvgIpc) is 2.67. The molecule has 0 rings (SSSR count). The Hall–Kier alpha value is -0.276. The van der Waals surface area contributed by atoms with Gasteiger partial charge in [-0.3, -0.25) is 0 Å². The number of hydrogen-bond donors (Lipinski definition) is 0. The molecule has 0 N–H and O–H groups in total. The van der Waals surface area contributed by atoms with Crippen LogP contribution >= 0.6 is 0 Å². The maximum Gasteiger partial charge on any atom is 0.180 e. The first kappa shape index (κ1) is 33.4. The minimum atomic E-state index is -1.32. The summed E-state index contributed by atoms with van der Waals surface area (Å²) in [5.41, 5.74) is -2.65. The molecule has 159 valence electrons. The SMILES string of the molecule is [CH]OCC(CO[CH])(CO[C-]=O)OO[CH].[CH]OCC(CO[CH])(CO[C-]=O)OO[CH].[Y]. The Labute approximate surface area is 196 Å². The molecule has 0 fully saturated rings. The van der Waals surface area contributed by atoms with Crippen LogP contribution in [0, 0.1) is 42.7 Å². The van der Waals surface area contributed by atoms with E-state index in [4.69, 9.17) is 28.4 Å². The molecule has 13 heteroatoms. The van der Waals surface area contributed by atoms with Gasteiger partial charge in [-0.25, -0.2) is 19.6 Å². The molecule has 29 heavy (non-hydrogen) atoms. The first-order valence-electron chi connectivity index (χ1n) is 6.83. The van der Waals surface area contributed by atoms with E-state index in [2.05, 4.69) is 62.2 Å². The molecule has 0 bridgehead atoms. The molecular formula is C16H18O12Y-2. The van der Waals surface area contributed by atoms with Crippen molar-refractivity contribution in [3.63, 3.8) is 0 Å². The second-order valence-electron chi connectivity index (χ2n) is 4.71. The van der Waals surface area contributed by atoms with Crippen molar-refractivity contribution in [3.8, 4) is 0 Å². The molecule has 0 saturated carbocycles. The molecule has 0 aromatic rings. The third-order valence-corrected chi connectivity index (χ3v) is 2.62. The van der Waals surface area contributed by atoms with Gasteiger partial charge >= 0.3 is 0 Å². The van der Waals surface area contributed by atoms with E-state index in [-0.39, 0.29) is 72.4 Å². The van der Waals surface area contributed by atoms with Gasteiger partial charge in [-0.2, -0.15) is 0 Å². The van der Waals surface area contributed by atoms with Gasteiger partial charge in [0.05, 0.1) is 39.6 Å². The van der Waals surface area contributed by atoms with Crippen LogP contribution < -0.4 is 0 Å². The van der Waals surface area contributed by atoms with Crippen LogP contribution in [0.1, 0.15) is 0 Å². The standard InChI is InChI=1S/2C8H9O6.Y/c2*1-10-4-8(5-11-2,14-12-3)6-13-7-9;/h2*1-3H,4-6H2;/q2*-1;. The third-order valence-electron chi connectivity index (χ3n) is 2.62. The Morgan fingerprint density at radius 3 is 1.00 bits per heavy atom. The minimum Gasteiger partial charge on any atom is -0.651 e. The molecule has 12 nitrogen and oxygen atoms in total. The van der Waals surface area contributed by atoms with E-state index in [1.54, 1.807) is 0 Å². The van der Waals surface area contributed by atoms with Crippen molar-refractivity contribution in [1.82, 2.24) is 0 Å². The summed E-state index contributed by atoms with van der Waals surface area (Å²) in [6, 6.07) is 0. The first-order chi connectivity index (χ1) is 13.5. The van der Waals surface area contributed by atoms with E-state index in [0.29, 0.717) is 0 Å². The quantitative estimate of drug-likeness (QED) is 0.141. The number of hydrogen-bond acceptors (Lipinski definition) is 12. The maximum absolute atomic E-state index is 9.85. The van der Waals surface area contributed by atoms with E-state index in [1.165, 1.54) is 12.9 Å². The number of carbonyl (C=O) groups excluding carboxylic acids is 2. The summed E-state index contributed by atoms with van der Waals surface area (Å²) >= 11 is 0. The van der Waals surface area contributed by atoms with Gasteiger partial charge in [0, 0.05) is 32.7 Å². The zero-order chi connectivity index (χ0) is 21.7. The van der Waals surface area contributed by atoms with Gasteiger partial charge in [-0.05, 0) is 0 Å². The van der Waals surface area contributed by atoms with Crippen molar-refractivity contribution in [3.05, 3.63) is 42.7 Å². The number of ether oxygens (including phenoxy) is 6. The molecule has 0 aliphatic heterocycles. The zero-order valence-corrected chi connectivity index (χ0v) is 18.0. The van der Waals surface area contributed by atoms with Gasteiger partial charge < -0.3 is 38.0 Å². The molecule has 0 aromatic heterocycles. The molecule has 0 saturated heterocycles. The Morgan fingerprint density at radius 1 is 0.552 bits per heavy atom. The molecule has 0 atom stereocenters. The Balaban J connectivity index is -0.000000451. The van der Waals surface area contributed by atoms with E-state index in [0.717, 1.165) is 0 Å². The van der Waals surface area contributed by atoms with Gasteiger partial charge in [0.15, 0.2) is 25.4 Å². The molecule has 0 spiro atoms. The smallest absolute Gasteiger partial charge is 0.180 e. The summed E-state index contributed by atoms with van der Waals surface area (Å²) in [6.45, 7) is 0.958. The fourth-order valence-corrected chi connectivity index (χ4v) is 1.53. The summed E-state index contributed by atoms with van der Waals surface area (Å²) in [5.74, 6) is 0. The molecule has 0 aromatic carbocycles. The predicted molar refractivity (Wildman–Crippen MR) is 82.7 cm³/mol. The topological polar surface area (TPSA) is 126 Å². The van der Waals surface area contributed by atoms with Crippen LogP contribution in [0.4, 0.5) is 0 Å². The van der Waals surface area contributed by atoms with Gasteiger partial charge in [-0.1, -0.05) is 12.9 Å². The minimum absolute atomic E-state index is 0. The van der Waals surface area contributed by atoms with E-state index < -0.39 is 11.2 Å². The van der Waals surface area contributed by atoms with E-state index in [9.17, 15) is 9.59 Å². The summed E-state index contributed by atoms with van der Waals surface area (Å²) in [7, 11) is 28.6. The van der Waals surface area contributed by atoms with Crippen LogP contribution in [-0.4, -0.2) is 63.8 Å². The van der Waals surface area contributed by atoms with Gasteiger partial charge in [-0.15, -0.1) is 0 Å².